The van der Waals surface area contributed by atoms with Crippen molar-refractivity contribution in [1.82, 2.24) is 10.3 Å². The van der Waals surface area contributed by atoms with Crippen LogP contribution >= 0.6 is 0 Å². The molecule has 0 radical (unpaired) electrons. The van der Waals surface area contributed by atoms with E-state index in [0.717, 1.165) is 30.1 Å². The second kappa shape index (κ2) is 6.70. The van der Waals surface area contributed by atoms with E-state index in [-0.39, 0.29) is 12.2 Å². The molecule has 2 heterocycles. The van der Waals surface area contributed by atoms with E-state index in [2.05, 4.69) is 22.4 Å². The van der Waals surface area contributed by atoms with Crippen LogP contribution in [0.25, 0.3) is 0 Å². The molecular formula is C17H20N2O2. The third-order valence-corrected chi connectivity index (χ3v) is 3.63. The summed E-state index contributed by atoms with van der Waals surface area (Å²) in [5.74, 6) is 0.806. The first kappa shape index (κ1) is 14.0. The molecule has 2 atom stereocenters. The Morgan fingerprint density at radius 3 is 2.81 bits per heavy atom. The Morgan fingerprint density at radius 1 is 1.24 bits per heavy atom. The first-order chi connectivity index (χ1) is 10.3. The van der Waals surface area contributed by atoms with Gasteiger partial charge in [-0.3, -0.25) is 4.98 Å². The number of hydrogen-bond acceptors (Lipinski definition) is 4. The van der Waals surface area contributed by atoms with Gasteiger partial charge in [-0.1, -0.05) is 30.3 Å². The van der Waals surface area contributed by atoms with Crippen LogP contribution in [0.3, 0.4) is 0 Å². The number of aromatic nitrogens is 1. The summed E-state index contributed by atoms with van der Waals surface area (Å²) < 4.78 is 12.1. The van der Waals surface area contributed by atoms with E-state index >= 15 is 0 Å². The molecule has 0 amide bonds. The summed E-state index contributed by atoms with van der Waals surface area (Å²) in [5, 5.41) is 3.36. The maximum atomic E-state index is 6.24. The Kier molecular flexibility index (Phi) is 4.48. The third kappa shape index (κ3) is 3.40. The molecule has 1 aromatic carbocycles. The highest BCUT2D eigenvalue weighted by atomic mass is 16.5. The molecule has 1 aliphatic rings. The van der Waals surface area contributed by atoms with E-state index in [1.54, 1.807) is 6.20 Å². The number of pyridine rings is 1. The van der Waals surface area contributed by atoms with Gasteiger partial charge in [0.1, 0.15) is 11.9 Å². The average molecular weight is 284 g/mol. The number of rotatable bonds is 4. The molecule has 0 bridgehead atoms. The van der Waals surface area contributed by atoms with Crippen LogP contribution in [0, 0.1) is 6.92 Å². The van der Waals surface area contributed by atoms with Crippen LogP contribution in [0.4, 0.5) is 0 Å². The quantitative estimate of drug-likeness (QED) is 0.937. The lowest BCUT2D eigenvalue weighted by Crippen LogP contribution is -2.43. The minimum absolute atomic E-state index is 0.000700. The molecular weight excluding hydrogens is 264 g/mol. The monoisotopic (exact) mass is 284 g/mol. The van der Waals surface area contributed by atoms with Gasteiger partial charge < -0.3 is 14.8 Å². The topological polar surface area (TPSA) is 43.4 Å². The standard InChI is InChI=1S/C17H20N2O2/c1-13-15(8-5-9-19-13)21-17(14-6-3-2-4-7-14)16-12-18-10-11-20-16/h2-9,16-18H,10-12H2,1H3/t16-,17-/m0/s1. The van der Waals surface area contributed by atoms with Crippen LogP contribution < -0.4 is 10.1 Å². The lowest BCUT2D eigenvalue weighted by Gasteiger charge is -2.31. The number of morpholine rings is 1. The van der Waals surface area contributed by atoms with E-state index in [1.807, 2.05) is 37.3 Å². The van der Waals surface area contributed by atoms with Crippen LogP contribution in [0.1, 0.15) is 17.4 Å². The fourth-order valence-corrected chi connectivity index (χ4v) is 2.51. The average Bonchev–Trinajstić information content (AvgIpc) is 2.56. The second-order valence-corrected chi connectivity index (χ2v) is 5.15. The van der Waals surface area contributed by atoms with Crippen LogP contribution in [-0.2, 0) is 4.74 Å². The lowest BCUT2D eigenvalue weighted by atomic mass is 10.0. The highest BCUT2D eigenvalue weighted by Crippen LogP contribution is 2.28. The minimum Gasteiger partial charge on any atom is -0.481 e. The summed E-state index contributed by atoms with van der Waals surface area (Å²) in [7, 11) is 0. The first-order valence-corrected chi connectivity index (χ1v) is 7.30. The van der Waals surface area contributed by atoms with Gasteiger partial charge in [-0.25, -0.2) is 0 Å². The van der Waals surface area contributed by atoms with E-state index in [9.17, 15) is 0 Å². The summed E-state index contributed by atoms with van der Waals surface area (Å²) in [6.45, 7) is 4.35. The maximum Gasteiger partial charge on any atom is 0.151 e. The van der Waals surface area contributed by atoms with E-state index in [4.69, 9.17) is 9.47 Å². The molecule has 2 aromatic rings. The molecule has 1 fully saturated rings. The molecule has 4 heteroatoms. The van der Waals surface area contributed by atoms with Gasteiger partial charge in [-0.15, -0.1) is 0 Å². The molecule has 1 aliphatic heterocycles. The molecule has 0 spiro atoms. The molecule has 3 rings (SSSR count). The van der Waals surface area contributed by atoms with Gasteiger partial charge in [0, 0.05) is 19.3 Å². The highest BCUT2D eigenvalue weighted by Gasteiger charge is 2.28. The zero-order valence-electron chi connectivity index (χ0n) is 12.2. The fraction of sp³-hybridized carbons (Fsp3) is 0.353. The van der Waals surface area contributed by atoms with Gasteiger partial charge in [0.25, 0.3) is 0 Å². The van der Waals surface area contributed by atoms with Crippen molar-refractivity contribution in [2.45, 2.75) is 19.1 Å². The predicted molar refractivity (Wildman–Crippen MR) is 81.4 cm³/mol. The molecule has 1 N–H and O–H groups in total. The molecule has 4 nitrogen and oxygen atoms in total. The summed E-state index contributed by atoms with van der Waals surface area (Å²) >= 11 is 0. The summed E-state index contributed by atoms with van der Waals surface area (Å²) in [6, 6.07) is 14.1. The zero-order chi connectivity index (χ0) is 14.5. The van der Waals surface area contributed by atoms with Gasteiger partial charge in [0.05, 0.1) is 12.3 Å². The molecule has 0 saturated carbocycles. The number of nitrogens with one attached hydrogen (secondary N) is 1. The number of hydrogen-bond donors (Lipinski definition) is 1. The van der Waals surface area contributed by atoms with Crippen LogP contribution in [0.2, 0.25) is 0 Å². The van der Waals surface area contributed by atoms with Crippen molar-refractivity contribution in [3.05, 3.63) is 59.9 Å². The molecule has 0 aliphatic carbocycles. The van der Waals surface area contributed by atoms with Crippen LogP contribution in [0.5, 0.6) is 5.75 Å². The zero-order valence-corrected chi connectivity index (χ0v) is 12.2. The Balaban J connectivity index is 1.87. The lowest BCUT2D eigenvalue weighted by molar-refractivity contribution is -0.0435. The second-order valence-electron chi connectivity index (χ2n) is 5.15. The molecule has 110 valence electrons. The van der Waals surface area contributed by atoms with E-state index < -0.39 is 0 Å². The normalized spacial score (nSPS) is 20.0. The van der Waals surface area contributed by atoms with Crippen molar-refractivity contribution in [1.29, 1.82) is 0 Å². The van der Waals surface area contributed by atoms with Gasteiger partial charge in [-0.05, 0) is 24.6 Å². The SMILES string of the molecule is Cc1ncccc1O[C@@H](c1ccccc1)[C@@H]1CNCCO1. The number of aryl methyl sites for hydroxylation is 1. The Bertz CT molecular complexity index is 568. The van der Waals surface area contributed by atoms with E-state index in [1.165, 1.54) is 0 Å². The number of nitrogens with zero attached hydrogens (tertiary/aromatic N) is 1. The van der Waals surface area contributed by atoms with Crippen molar-refractivity contribution in [3.8, 4) is 5.75 Å². The van der Waals surface area contributed by atoms with Crippen molar-refractivity contribution in [3.63, 3.8) is 0 Å². The Hall–Kier alpha value is -1.91. The van der Waals surface area contributed by atoms with Crippen molar-refractivity contribution < 1.29 is 9.47 Å². The highest BCUT2D eigenvalue weighted by molar-refractivity contribution is 5.28. The minimum atomic E-state index is -0.137. The van der Waals surface area contributed by atoms with Crippen molar-refractivity contribution in [2.24, 2.45) is 0 Å². The summed E-state index contributed by atoms with van der Waals surface area (Å²) in [5.41, 5.74) is 2.01. The Morgan fingerprint density at radius 2 is 2.10 bits per heavy atom. The van der Waals surface area contributed by atoms with Gasteiger partial charge in [-0.2, -0.15) is 0 Å². The molecule has 1 aromatic heterocycles. The number of benzene rings is 1. The fourth-order valence-electron chi connectivity index (χ4n) is 2.51. The van der Waals surface area contributed by atoms with Crippen molar-refractivity contribution >= 4 is 0 Å². The smallest absolute Gasteiger partial charge is 0.151 e. The molecule has 21 heavy (non-hydrogen) atoms. The maximum absolute atomic E-state index is 6.24. The van der Waals surface area contributed by atoms with Gasteiger partial charge >= 0.3 is 0 Å². The summed E-state index contributed by atoms with van der Waals surface area (Å²) in [4.78, 5) is 4.29. The van der Waals surface area contributed by atoms with Crippen LogP contribution in [0.15, 0.2) is 48.7 Å². The van der Waals surface area contributed by atoms with Gasteiger partial charge in [0.15, 0.2) is 6.10 Å². The summed E-state index contributed by atoms with van der Waals surface area (Å²) in [6.07, 6.45) is 1.64. The van der Waals surface area contributed by atoms with Crippen LogP contribution in [-0.4, -0.2) is 30.8 Å². The third-order valence-electron chi connectivity index (χ3n) is 3.63. The largest absolute Gasteiger partial charge is 0.481 e. The predicted octanol–water partition coefficient (Wildman–Crippen LogP) is 2.50. The number of ether oxygens (including phenoxy) is 2. The van der Waals surface area contributed by atoms with Gasteiger partial charge in [0.2, 0.25) is 0 Å². The molecule has 0 unspecified atom stereocenters. The molecule has 1 saturated heterocycles. The first-order valence-electron chi connectivity index (χ1n) is 7.30. The van der Waals surface area contributed by atoms with Crippen molar-refractivity contribution in [2.75, 3.05) is 19.7 Å². The van der Waals surface area contributed by atoms with E-state index in [0.29, 0.717) is 6.61 Å². The Labute approximate surface area is 125 Å².